The summed E-state index contributed by atoms with van der Waals surface area (Å²) in [5.74, 6) is 0. The van der Waals surface area contributed by atoms with Gasteiger partial charge in [0.2, 0.25) is 0 Å². The van der Waals surface area contributed by atoms with Crippen LogP contribution in [0.15, 0.2) is 30.3 Å². The van der Waals surface area contributed by atoms with Crippen molar-refractivity contribution in [2.75, 3.05) is 0 Å². The number of hydrogen-bond acceptors (Lipinski definition) is 0. The molecule has 0 radical (unpaired) electrons. The van der Waals surface area contributed by atoms with Gasteiger partial charge in [0.05, 0.1) is 0 Å². The molecule has 0 heterocycles. The zero-order valence-corrected chi connectivity index (χ0v) is 9.47. The second-order valence-electron chi connectivity index (χ2n) is 1.49. The average Bonchev–Trinajstić information content (AvgIpc) is 1.69. The molecule has 1 aromatic carbocycles. The van der Waals surface area contributed by atoms with Crippen molar-refractivity contribution < 1.29 is 12.4 Å². The van der Waals surface area contributed by atoms with Crippen LogP contribution in [0, 0.1) is 6.92 Å². The Morgan fingerprint density at radius 3 is 1.60 bits per heavy atom. The van der Waals surface area contributed by atoms with Crippen molar-refractivity contribution in [1.82, 2.24) is 0 Å². The third-order valence-electron chi connectivity index (χ3n) is 0.843. The summed E-state index contributed by atoms with van der Waals surface area (Å²) in [5, 5.41) is 0. The molecule has 0 aliphatic heterocycles. The fourth-order valence-corrected chi connectivity index (χ4v) is 0.478. The molecule has 0 spiro atoms. The molecule has 0 saturated heterocycles. The Hall–Kier alpha value is 0.576. The molecule has 0 nitrogen and oxygen atoms in total. The van der Waals surface area contributed by atoms with Crippen molar-refractivity contribution >= 4 is 33.0 Å². The van der Waals surface area contributed by atoms with Gasteiger partial charge in [0.25, 0.3) is 0 Å². The second kappa shape index (κ2) is 9.58. The van der Waals surface area contributed by atoms with E-state index >= 15 is 0 Å². The Morgan fingerprint density at radius 1 is 1.00 bits per heavy atom. The van der Waals surface area contributed by atoms with Gasteiger partial charge in [0, 0.05) is 0 Å². The minimum atomic E-state index is 0. The van der Waals surface area contributed by atoms with Crippen LogP contribution in [0.5, 0.6) is 0 Å². The first-order valence-electron chi connectivity index (χ1n) is 2.26. The Bertz CT molecular complexity index is 144. The van der Waals surface area contributed by atoms with Crippen molar-refractivity contribution in [3.8, 4) is 0 Å². The minimum absolute atomic E-state index is 0. The van der Waals surface area contributed by atoms with E-state index in [4.69, 9.17) is 0 Å². The molecular weight excluding hydrogens is 175 g/mol. The van der Waals surface area contributed by atoms with Crippen molar-refractivity contribution in [3.63, 3.8) is 0 Å². The predicted octanol–water partition coefficient (Wildman–Crippen LogP) is -1.45. The van der Waals surface area contributed by atoms with Gasteiger partial charge < -0.3 is 12.4 Å². The minimum Gasteiger partial charge on any atom is -1.00 e. The summed E-state index contributed by atoms with van der Waals surface area (Å²) in [6.07, 6.45) is 0. The van der Waals surface area contributed by atoms with E-state index in [1.807, 2.05) is 30.3 Å². The van der Waals surface area contributed by atoms with Crippen molar-refractivity contribution in [1.29, 1.82) is 0 Å². The SMILES string of the molecule is P.[CH2-]c1ccccc1.[Cl-].[Mg+2]. The molecule has 0 aliphatic carbocycles. The number of hydrogen-bond donors (Lipinski definition) is 0. The van der Waals surface area contributed by atoms with Gasteiger partial charge >= 0.3 is 23.1 Å². The fourth-order valence-electron chi connectivity index (χ4n) is 0.478. The molecule has 0 aliphatic rings. The van der Waals surface area contributed by atoms with Crippen LogP contribution in [0.1, 0.15) is 5.56 Å². The van der Waals surface area contributed by atoms with Gasteiger partial charge in [-0.15, -0.1) is 12.1 Å². The molecule has 0 amide bonds. The summed E-state index contributed by atoms with van der Waals surface area (Å²) in [4.78, 5) is 0. The Labute approximate surface area is 88.0 Å². The molecule has 0 aromatic heterocycles. The summed E-state index contributed by atoms with van der Waals surface area (Å²) < 4.78 is 0. The van der Waals surface area contributed by atoms with Crippen LogP contribution in [0.2, 0.25) is 0 Å². The van der Waals surface area contributed by atoms with E-state index in [0.29, 0.717) is 0 Å². The summed E-state index contributed by atoms with van der Waals surface area (Å²) in [6.45, 7) is 3.72. The van der Waals surface area contributed by atoms with Crippen molar-refractivity contribution in [2.45, 2.75) is 0 Å². The molecular formula is C7H10ClMgP. The van der Waals surface area contributed by atoms with E-state index in [2.05, 4.69) is 6.92 Å². The summed E-state index contributed by atoms with van der Waals surface area (Å²) >= 11 is 0. The Balaban J connectivity index is -0.000000163. The van der Waals surface area contributed by atoms with Crippen LogP contribution in [-0.4, -0.2) is 23.1 Å². The summed E-state index contributed by atoms with van der Waals surface area (Å²) in [6, 6.07) is 9.87. The van der Waals surface area contributed by atoms with E-state index in [-0.39, 0.29) is 45.4 Å². The maximum Gasteiger partial charge on any atom is 2.00 e. The zero-order valence-electron chi connectivity index (χ0n) is 5.89. The van der Waals surface area contributed by atoms with Crippen LogP contribution in [0.25, 0.3) is 0 Å². The van der Waals surface area contributed by atoms with Crippen LogP contribution >= 0.6 is 9.90 Å². The van der Waals surface area contributed by atoms with Gasteiger partial charge in [-0.25, -0.2) is 0 Å². The quantitative estimate of drug-likeness (QED) is 0.263. The van der Waals surface area contributed by atoms with Gasteiger partial charge in [-0.3, -0.25) is 0 Å². The maximum atomic E-state index is 3.72. The van der Waals surface area contributed by atoms with Gasteiger partial charge in [-0.1, -0.05) is 6.07 Å². The molecule has 0 N–H and O–H groups in total. The molecule has 1 unspecified atom stereocenters. The van der Waals surface area contributed by atoms with Crippen LogP contribution in [0.3, 0.4) is 0 Å². The van der Waals surface area contributed by atoms with E-state index in [1.54, 1.807) is 0 Å². The third-order valence-corrected chi connectivity index (χ3v) is 0.843. The largest absolute Gasteiger partial charge is 2.00 e. The molecule has 1 atom stereocenters. The molecule has 0 saturated carbocycles. The van der Waals surface area contributed by atoms with Gasteiger partial charge in [0.15, 0.2) is 0 Å². The van der Waals surface area contributed by atoms with E-state index < -0.39 is 0 Å². The zero-order chi connectivity index (χ0) is 5.11. The normalized spacial score (nSPS) is 6.00. The van der Waals surface area contributed by atoms with Crippen molar-refractivity contribution in [3.05, 3.63) is 42.8 Å². The van der Waals surface area contributed by atoms with Gasteiger partial charge in [-0.2, -0.15) is 34.5 Å². The van der Waals surface area contributed by atoms with Crippen molar-refractivity contribution in [2.24, 2.45) is 0 Å². The van der Waals surface area contributed by atoms with E-state index in [9.17, 15) is 0 Å². The Kier molecular flexibility index (Phi) is 16.2. The van der Waals surface area contributed by atoms with E-state index in [0.717, 1.165) is 5.56 Å². The Morgan fingerprint density at radius 2 is 1.40 bits per heavy atom. The molecule has 10 heavy (non-hydrogen) atoms. The molecule has 1 rings (SSSR count). The maximum absolute atomic E-state index is 3.72. The number of benzene rings is 1. The van der Waals surface area contributed by atoms with Gasteiger partial charge in [-0.05, 0) is 0 Å². The number of rotatable bonds is 0. The van der Waals surface area contributed by atoms with E-state index in [1.165, 1.54) is 0 Å². The van der Waals surface area contributed by atoms with Crippen LogP contribution < -0.4 is 12.4 Å². The first-order chi connectivity index (χ1) is 3.39. The van der Waals surface area contributed by atoms with Crippen LogP contribution in [-0.2, 0) is 0 Å². The monoisotopic (exact) mass is 184 g/mol. The molecule has 0 fully saturated rings. The predicted molar refractivity (Wildman–Crippen MR) is 47.8 cm³/mol. The molecule has 0 bridgehead atoms. The second-order valence-corrected chi connectivity index (χ2v) is 1.49. The smallest absolute Gasteiger partial charge is 1.00 e. The fraction of sp³-hybridized carbons (Fsp3) is 0. The number of halogens is 1. The first-order valence-corrected chi connectivity index (χ1v) is 2.26. The summed E-state index contributed by atoms with van der Waals surface area (Å²) in [5.41, 5.74) is 1.07. The molecule has 3 heteroatoms. The molecule has 52 valence electrons. The van der Waals surface area contributed by atoms with Crippen LogP contribution in [0.4, 0.5) is 0 Å². The third kappa shape index (κ3) is 6.69. The summed E-state index contributed by atoms with van der Waals surface area (Å²) in [7, 11) is 0. The standard InChI is InChI=1S/C7H7.ClH.Mg.H3P/c1-7-5-3-2-4-6-7;;;/h2-6H,1H2;1H;;1H3/q-1;;+2;/p-1. The topological polar surface area (TPSA) is 0 Å². The average molecular weight is 185 g/mol. The first kappa shape index (κ1) is 16.9. The molecule has 1 aromatic rings. The van der Waals surface area contributed by atoms with Gasteiger partial charge in [0.1, 0.15) is 0 Å².